The zero-order valence-corrected chi connectivity index (χ0v) is 13.1. The normalized spacial score (nSPS) is 12.5. The van der Waals surface area contributed by atoms with Crippen LogP contribution in [0.25, 0.3) is 0 Å². The van der Waals surface area contributed by atoms with Crippen molar-refractivity contribution in [1.82, 2.24) is 4.72 Å². The minimum Gasteiger partial charge on any atom is -0.468 e. The molecule has 0 aliphatic carbocycles. The van der Waals surface area contributed by atoms with Crippen LogP contribution in [0.15, 0.2) is 23.1 Å². The average Bonchev–Trinajstić information content (AvgIpc) is 2.50. The van der Waals surface area contributed by atoms with Crippen molar-refractivity contribution >= 4 is 22.0 Å². The van der Waals surface area contributed by atoms with Gasteiger partial charge >= 0.3 is 11.9 Å². The molecule has 122 valence electrons. The number of aliphatic hydroxyl groups excluding tert-OH is 1. The Labute approximate surface area is 128 Å². The molecule has 1 aromatic carbocycles. The molecule has 0 spiro atoms. The van der Waals surface area contributed by atoms with E-state index in [9.17, 15) is 18.0 Å². The van der Waals surface area contributed by atoms with Gasteiger partial charge in [-0.15, -0.1) is 0 Å². The van der Waals surface area contributed by atoms with E-state index >= 15 is 0 Å². The highest BCUT2D eigenvalue weighted by Crippen LogP contribution is 2.17. The molecule has 0 aromatic heterocycles. The third-order valence-electron chi connectivity index (χ3n) is 2.85. The van der Waals surface area contributed by atoms with Crippen LogP contribution in [0.1, 0.15) is 15.9 Å². The van der Waals surface area contributed by atoms with E-state index in [1.54, 1.807) is 0 Å². The molecule has 8 nitrogen and oxygen atoms in total. The largest absolute Gasteiger partial charge is 0.468 e. The maximum atomic E-state index is 12.2. The molecule has 0 fully saturated rings. The number of aliphatic hydroxyl groups is 1. The van der Waals surface area contributed by atoms with E-state index < -0.39 is 34.6 Å². The van der Waals surface area contributed by atoms with Crippen molar-refractivity contribution in [2.24, 2.45) is 0 Å². The van der Waals surface area contributed by atoms with Crippen molar-refractivity contribution in [3.05, 3.63) is 29.3 Å². The lowest BCUT2D eigenvalue weighted by Gasteiger charge is -2.15. The third kappa shape index (κ3) is 4.03. The second-order valence-electron chi connectivity index (χ2n) is 4.35. The topological polar surface area (TPSA) is 119 Å². The number of ether oxygens (including phenoxy) is 2. The lowest BCUT2D eigenvalue weighted by atomic mass is 10.1. The molecule has 0 saturated carbocycles. The first-order valence-corrected chi connectivity index (χ1v) is 7.65. The van der Waals surface area contributed by atoms with Gasteiger partial charge in [-0.3, -0.25) is 4.79 Å². The maximum absolute atomic E-state index is 12.2. The number of nitrogens with one attached hydrogen (secondary N) is 1. The molecule has 0 bridgehead atoms. The van der Waals surface area contributed by atoms with E-state index in [-0.39, 0.29) is 16.0 Å². The average molecular weight is 331 g/mol. The molecule has 1 atom stereocenters. The van der Waals surface area contributed by atoms with Gasteiger partial charge in [-0.25, -0.2) is 13.2 Å². The van der Waals surface area contributed by atoms with Crippen LogP contribution in [0.4, 0.5) is 0 Å². The van der Waals surface area contributed by atoms with Crippen LogP contribution in [0, 0.1) is 6.92 Å². The minimum atomic E-state index is -4.07. The van der Waals surface area contributed by atoms with Gasteiger partial charge in [0.25, 0.3) is 0 Å². The van der Waals surface area contributed by atoms with Gasteiger partial charge in [0, 0.05) is 0 Å². The molecule has 9 heteroatoms. The molecule has 1 aromatic rings. The number of aryl methyl sites for hydroxylation is 1. The van der Waals surface area contributed by atoms with Crippen molar-refractivity contribution in [1.29, 1.82) is 0 Å². The van der Waals surface area contributed by atoms with Gasteiger partial charge in [-0.2, -0.15) is 4.72 Å². The van der Waals surface area contributed by atoms with Gasteiger partial charge in [0.1, 0.15) is 6.04 Å². The maximum Gasteiger partial charge on any atom is 0.337 e. The summed E-state index contributed by atoms with van der Waals surface area (Å²) in [7, 11) is -1.78. The first-order chi connectivity index (χ1) is 10.3. The van der Waals surface area contributed by atoms with Gasteiger partial charge in [0.15, 0.2) is 0 Å². The summed E-state index contributed by atoms with van der Waals surface area (Å²) in [6.07, 6.45) is 0. The molecule has 1 rings (SSSR count). The van der Waals surface area contributed by atoms with Crippen molar-refractivity contribution in [3.8, 4) is 0 Å². The summed E-state index contributed by atoms with van der Waals surface area (Å²) in [6, 6.07) is 2.46. The number of benzene rings is 1. The highest BCUT2D eigenvalue weighted by molar-refractivity contribution is 7.89. The monoisotopic (exact) mass is 331 g/mol. The first-order valence-electron chi connectivity index (χ1n) is 6.16. The fourth-order valence-corrected chi connectivity index (χ4v) is 3.15. The fraction of sp³-hybridized carbons (Fsp3) is 0.385. The number of sulfonamides is 1. The minimum absolute atomic E-state index is 0.123. The Hall–Kier alpha value is -1.97. The Morgan fingerprint density at radius 1 is 1.27 bits per heavy atom. The number of methoxy groups -OCH3 is 2. The Kier molecular flexibility index (Phi) is 6.03. The van der Waals surface area contributed by atoms with Crippen molar-refractivity contribution in [3.63, 3.8) is 0 Å². The number of carbonyl (C=O) groups excluding carboxylic acids is 2. The molecule has 0 aliphatic heterocycles. The SMILES string of the molecule is COC(=O)c1ccc(S(=O)(=O)N[C@H](CO)C(=O)OC)c(C)c1. The lowest BCUT2D eigenvalue weighted by Crippen LogP contribution is -2.44. The van der Waals surface area contributed by atoms with Crippen LogP contribution >= 0.6 is 0 Å². The molecule has 0 amide bonds. The summed E-state index contributed by atoms with van der Waals surface area (Å²) < 4.78 is 35.5. The number of rotatable bonds is 6. The smallest absolute Gasteiger partial charge is 0.337 e. The van der Waals surface area contributed by atoms with Gasteiger partial charge in [-0.1, -0.05) is 0 Å². The standard InChI is InChI=1S/C13H17NO7S/c1-8-6-9(12(16)20-2)4-5-11(8)22(18,19)14-10(7-15)13(17)21-3/h4-6,10,14-15H,7H2,1-3H3/t10-/m1/s1. The van der Waals surface area contributed by atoms with Crippen molar-refractivity contribution in [2.75, 3.05) is 20.8 Å². The molecule has 0 unspecified atom stereocenters. The summed E-state index contributed by atoms with van der Waals surface area (Å²) >= 11 is 0. The van der Waals surface area contributed by atoms with Crippen LogP contribution < -0.4 is 4.72 Å². The molecule has 2 N–H and O–H groups in total. The van der Waals surface area contributed by atoms with Gasteiger partial charge in [-0.05, 0) is 30.7 Å². The molecule has 0 heterocycles. The van der Waals surface area contributed by atoms with Crippen LogP contribution in [0.5, 0.6) is 0 Å². The summed E-state index contributed by atoms with van der Waals surface area (Å²) in [6.45, 7) is 0.748. The fourth-order valence-electron chi connectivity index (χ4n) is 1.75. The predicted octanol–water partition coefficient (Wildman–Crippen LogP) is -0.406. The number of hydrogen-bond acceptors (Lipinski definition) is 7. The summed E-state index contributed by atoms with van der Waals surface area (Å²) in [5, 5.41) is 9.07. The highest BCUT2D eigenvalue weighted by Gasteiger charge is 2.27. The van der Waals surface area contributed by atoms with E-state index in [1.165, 1.54) is 32.2 Å². The Morgan fingerprint density at radius 2 is 1.91 bits per heavy atom. The third-order valence-corrected chi connectivity index (χ3v) is 4.48. The number of carbonyl (C=O) groups is 2. The molecular formula is C13H17NO7S. The Bertz CT molecular complexity index is 669. The first kappa shape index (κ1) is 18.1. The van der Waals surface area contributed by atoms with E-state index in [1.807, 2.05) is 4.72 Å². The van der Waals surface area contributed by atoms with Crippen LogP contribution in [-0.4, -0.2) is 52.3 Å². The van der Waals surface area contributed by atoms with Gasteiger partial charge < -0.3 is 14.6 Å². The summed E-state index contributed by atoms with van der Waals surface area (Å²) in [4.78, 5) is 22.6. The molecular weight excluding hydrogens is 314 g/mol. The quantitative estimate of drug-likeness (QED) is 0.680. The van der Waals surface area contributed by atoms with Crippen LogP contribution in [0.3, 0.4) is 0 Å². The Balaban J connectivity index is 3.13. The number of hydrogen-bond donors (Lipinski definition) is 2. The second kappa shape index (κ2) is 7.34. The molecule has 0 radical (unpaired) electrons. The van der Waals surface area contributed by atoms with Crippen molar-refractivity contribution < 1.29 is 32.6 Å². The van der Waals surface area contributed by atoms with E-state index in [4.69, 9.17) is 5.11 Å². The summed E-state index contributed by atoms with van der Waals surface area (Å²) in [5.74, 6) is -1.50. The van der Waals surface area contributed by atoms with Gasteiger partial charge in [0.05, 0.1) is 31.3 Å². The Morgan fingerprint density at radius 3 is 2.36 bits per heavy atom. The predicted molar refractivity (Wildman–Crippen MR) is 75.7 cm³/mol. The molecule has 0 saturated heterocycles. The zero-order valence-electron chi connectivity index (χ0n) is 12.3. The van der Waals surface area contributed by atoms with Crippen LogP contribution in [0.2, 0.25) is 0 Å². The summed E-state index contributed by atoms with van der Waals surface area (Å²) in [5.41, 5.74) is 0.489. The number of esters is 2. The molecule has 0 aliphatic rings. The molecule has 22 heavy (non-hydrogen) atoms. The van der Waals surface area contributed by atoms with Crippen LogP contribution in [-0.2, 0) is 24.3 Å². The van der Waals surface area contributed by atoms with Gasteiger partial charge in [0.2, 0.25) is 10.0 Å². The van der Waals surface area contributed by atoms with E-state index in [0.29, 0.717) is 0 Å². The second-order valence-corrected chi connectivity index (χ2v) is 6.03. The highest BCUT2D eigenvalue weighted by atomic mass is 32.2. The van der Waals surface area contributed by atoms with E-state index in [0.717, 1.165) is 7.11 Å². The lowest BCUT2D eigenvalue weighted by molar-refractivity contribution is -0.143. The zero-order chi connectivity index (χ0) is 16.9. The van der Waals surface area contributed by atoms with E-state index in [2.05, 4.69) is 9.47 Å². The van der Waals surface area contributed by atoms with Crippen molar-refractivity contribution in [2.45, 2.75) is 17.9 Å².